The van der Waals surface area contributed by atoms with Crippen LogP contribution in [0.3, 0.4) is 0 Å². The standard InChI is InChI=1S/C18H19FO2/c1-11-7-13(3)18(14(4)8-11)16(20)10-21-17-6-5-15(19)9-12(17)2/h5-9H,10H2,1-4H3. The number of ether oxygens (including phenoxy) is 1. The van der Waals surface area contributed by atoms with Crippen LogP contribution in [0.2, 0.25) is 0 Å². The molecule has 2 aromatic rings. The summed E-state index contributed by atoms with van der Waals surface area (Å²) < 4.78 is 18.6. The Kier molecular flexibility index (Phi) is 4.41. The molecule has 110 valence electrons. The van der Waals surface area contributed by atoms with Crippen molar-refractivity contribution < 1.29 is 13.9 Å². The van der Waals surface area contributed by atoms with E-state index in [4.69, 9.17) is 4.74 Å². The molecule has 0 N–H and O–H groups in total. The molecular formula is C18H19FO2. The molecule has 0 radical (unpaired) electrons. The summed E-state index contributed by atoms with van der Waals surface area (Å²) in [5, 5.41) is 0. The molecule has 0 aliphatic heterocycles. The Balaban J connectivity index is 2.16. The van der Waals surface area contributed by atoms with Crippen molar-refractivity contribution >= 4 is 5.78 Å². The fourth-order valence-corrected chi connectivity index (χ4v) is 2.61. The molecule has 0 spiro atoms. The Morgan fingerprint density at radius 1 is 1.00 bits per heavy atom. The van der Waals surface area contributed by atoms with Gasteiger partial charge in [-0.15, -0.1) is 0 Å². The molecule has 0 heterocycles. The third-order valence-electron chi connectivity index (χ3n) is 3.45. The van der Waals surface area contributed by atoms with Crippen LogP contribution >= 0.6 is 0 Å². The first-order valence-electron chi connectivity index (χ1n) is 6.88. The zero-order valence-corrected chi connectivity index (χ0v) is 12.8. The molecule has 2 nitrogen and oxygen atoms in total. The van der Waals surface area contributed by atoms with Crippen molar-refractivity contribution in [2.24, 2.45) is 0 Å². The lowest BCUT2D eigenvalue weighted by molar-refractivity contribution is 0.0920. The molecule has 0 aromatic heterocycles. The highest BCUT2D eigenvalue weighted by molar-refractivity contribution is 6.00. The zero-order chi connectivity index (χ0) is 15.6. The van der Waals surface area contributed by atoms with Crippen LogP contribution in [-0.4, -0.2) is 12.4 Å². The number of carbonyl (C=O) groups excluding carboxylic acids is 1. The average molecular weight is 286 g/mol. The van der Waals surface area contributed by atoms with Crippen molar-refractivity contribution in [3.8, 4) is 5.75 Å². The largest absolute Gasteiger partial charge is 0.485 e. The number of Topliss-reactive ketones (excluding diaryl/α,β-unsaturated/α-hetero) is 1. The van der Waals surface area contributed by atoms with Gasteiger partial charge in [0.15, 0.2) is 6.61 Å². The Morgan fingerprint density at radius 2 is 1.62 bits per heavy atom. The van der Waals surface area contributed by atoms with E-state index in [9.17, 15) is 9.18 Å². The maximum absolute atomic E-state index is 13.0. The molecule has 0 amide bonds. The Labute approximate surface area is 124 Å². The van der Waals surface area contributed by atoms with Gasteiger partial charge >= 0.3 is 0 Å². The van der Waals surface area contributed by atoms with Crippen molar-refractivity contribution in [1.82, 2.24) is 0 Å². The predicted octanol–water partition coefficient (Wildman–Crippen LogP) is 4.32. The second-order valence-electron chi connectivity index (χ2n) is 5.40. The van der Waals surface area contributed by atoms with Crippen LogP contribution in [0.5, 0.6) is 5.75 Å². The van der Waals surface area contributed by atoms with Gasteiger partial charge in [0.25, 0.3) is 0 Å². The van der Waals surface area contributed by atoms with Crippen molar-refractivity contribution in [1.29, 1.82) is 0 Å². The van der Waals surface area contributed by atoms with Gasteiger partial charge in [-0.1, -0.05) is 17.7 Å². The summed E-state index contributed by atoms with van der Waals surface area (Å²) in [6.45, 7) is 7.57. The summed E-state index contributed by atoms with van der Waals surface area (Å²) in [7, 11) is 0. The minimum absolute atomic E-state index is 0.0444. The van der Waals surface area contributed by atoms with E-state index in [1.807, 2.05) is 32.9 Å². The quantitative estimate of drug-likeness (QED) is 0.782. The monoisotopic (exact) mass is 286 g/mol. The normalized spacial score (nSPS) is 10.5. The van der Waals surface area contributed by atoms with Gasteiger partial charge in [0.05, 0.1) is 0 Å². The van der Waals surface area contributed by atoms with Gasteiger partial charge < -0.3 is 4.74 Å². The third-order valence-corrected chi connectivity index (χ3v) is 3.45. The minimum atomic E-state index is -0.309. The average Bonchev–Trinajstić information content (AvgIpc) is 2.36. The molecule has 0 atom stereocenters. The molecule has 21 heavy (non-hydrogen) atoms. The van der Waals surface area contributed by atoms with E-state index in [1.165, 1.54) is 12.1 Å². The third kappa shape index (κ3) is 3.48. The first-order valence-corrected chi connectivity index (χ1v) is 6.88. The van der Waals surface area contributed by atoms with Crippen LogP contribution in [0, 0.1) is 33.5 Å². The Morgan fingerprint density at radius 3 is 2.19 bits per heavy atom. The maximum Gasteiger partial charge on any atom is 0.200 e. The number of rotatable bonds is 4. The lowest BCUT2D eigenvalue weighted by Gasteiger charge is -2.12. The van der Waals surface area contributed by atoms with E-state index in [1.54, 1.807) is 13.0 Å². The molecule has 0 saturated carbocycles. The van der Waals surface area contributed by atoms with Crippen LogP contribution in [0.4, 0.5) is 4.39 Å². The smallest absolute Gasteiger partial charge is 0.200 e. The van der Waals surface area contributed by atoms with Gasteiger partial charge in [-0.05, 0) is 62.6 Å². The molecule has 0 aliphatic rings. The highest BCUT2D eigenvalue weighted by Gasteiger charge is 2.14. The highest BCUT2D eigenvalue weighted by atomic mass is 19.1. The first kappa shape index (κ1) is 15.2. The fourth-order valence-electron chi connectivity index (χ4n) is 2.61. The van der Waals surface area contributed by atoms with E-state index in [2.05, 4.69) is 0 Å². The van der Waals surface area contributed by atoms with E-state index in [0.717, 1.165) is 16.7 Å². The summed E-state index contributed by atoms with van der Waals surface area (Å²) >= 11 is 0. The van der Waals surface area contributed by atoms with E-state index < -0.39 is 0 Å². The second kappa shape index (κ2) is 6.08. The molecule has 2 rings (SSSR count). The van der Waals surface area contributed by atoms with Crippen molar-refractivity contribution in [3.05, 3.63) is 64.0 Å². The second-order valence-corrected chi connectivity index (χ2v) is 5.40. The SMILES string of the molecule is Cc1cc(C)c(C(=O)COc2ccc(F)cc2C)c(C)c1. The summed E-state index contributed by atoms with van der Waals surface area (Å²) in [6.07, 6.45) is 0. The number of benzene rings is 2. The van der Waals surface area contributed by atoms with Gasteiger partial charge in [-0.25, -0.2) is 4.39 Å². The van der Waals surface area contributed by atoms with Crippen LogP contribution < -0.4 is 4.74 Å². The van der Waals surface area contributed by atoms with Crippen LogP contribution in [-0.2, 0) is 0 Å². The number of ketones is 1. The number of halogens is 1. The van der Waals surface area contributed by atoms with Gasteiger partial charge in [0, 0.05) is 5.56 Å². The number of aryl methyl sites for hydroxylation is 4. The zero-order valence-electron chi connectivity index (χ0n) is 12.8. The van der Waals surface area contributed by atoms with E-state index in [-0.39, 0.29) is 18.2 Å². The highest BCUT2D eigenvalue weighted by Crippen LogP contribution is 2.20. The van der Waals surface area contributed by atoms with Gasteiger partial charge in [-0.2, -0.15) is 0 Å². The number of hydrogen-bond acceptors (Lipinski definition) is 2. The molecule has 0 saturated heterocycles. The van der Waals surface area contributed by atoms with Crippen molar-refractivity contribution in [2.45, 2.75) is 27.7 Å². The molecule has 0 fully saturated rings. The minimum Gasteiger partial charge on any atom is -0.485 e. The summed E-state index contributed by atoms with van der Waals surface area (Å²) in [4.78, 5) is 12.4. The van der Waals surface area contributed by atoms with E-state index in [0.29, 0.717) is 16.9 Å². The van der Waals surface area contributed by atoms with E-state index >= 15 is 0 Å². The number of hydrogen-bond donors (Lipinski definition) is 0. The lowest BCUT2D eigenvalue weighted by atomic mass is 9.97. The Bertz CT molecular complexity index is 667. The van der Waals surface area contributed by atoms with Crippen LogP contribution in [0.25, 0.3) is 0 Å². The molecule has 3 heteroatoms. The van der Waals surface area contributed by atoms with Crippen molar-refractivity contribution in [2.75, 3.05) is 6.61 Å². The summed E-state index contributed by atoms with van der Waals surface area (Å²) in [5.41, 5.74) is 4.44. The number of carbonyl (C=O) groups is 1. The predicted molar refractivity (Wildman–Crippen MR) is 81.6 cm³/mol. The molecule has 0 unspecified atom stereocenters. The van der Waals surface area contributed by atoms with Crippen molar-refractivity contribution in [3.63, 3.8) is 0 Å². The molecule has 0 aliphatic carbocycles. The molecular weight excluding hydrogens is 267 g/mol. The Hall–Kier alpha value is -2.16. The summed E-state index contributed by atoms with van der Waals surface area (Å²) in [5.74, 6) is 0.164. The van der Waals surface area contributed by atoms with Crippen LogP contribution in [0.1, 0.15) is 32.6 Å². The molecule has 0 bridgehead atoms. The van der Waals surface area contributed by atoms with Gasteiger partial charge in [-0.3, -0.25) is 4.79 Å². The summed E-state index contributed by atoms with van der Waals surface area (Å²) in [6, 6.07) is 8.25. The molecule has 2 aromatic carbocycles. The topological polar surface area (TPSA) is 26.3 Å². The fraction of sp³-hybridized carbons (Fsp3) is 0.278. The lowest BCUT2D eigenvalue weighted by Crippen LogP contribution is -2.15. The van der Waals surface area contributed by atoms with Gasteiger partial charge in [0.1, 0.15) is 11.6 Å². The maximum atomic E-state index is 13.0. The van der Waals surface area contributed by atoms with Crippen LogP contribution in [0.15, 0.2) is 30.3 Å². The first-order chi connectivity index (χ1) is 9.88. The van der Waals surface area contributed by atoms with Gasteiger partial charge in [0.2, 0.25) is 5.78 Å².